The predicted molar refractivity (Wildman–Crippen MR) is 117 cm³/mol. The minimum atomic E-state index is -3.57. The quantitative estimate of drug-likeness (QED) is 0.695. The Morgan fingerprint density at radius 1 is 1.07 bits per heavy atom. The van der Waals surface area contributed by atoms with Gasteiger partial charge in [-0.3, -0.25) is 4.79 Å². The molecule has 2 aromatic carbocycles. The van der Waals surface area contributed by atoms with E-state index >= 15 is 0 Å². The molecule has 1 heterocycles. The molecule has 0 unspecified atom stereocenters. The van der Waals surface area contributed by atoms with Crippen LogP contribution >= 0.6 is 0 Å². The number of sulfonamides is 1. The highest BCUT2D eigenvalue weighted by molar-refractivity contribution is 7.89. The van der Waals surface area contributed by atoms with Crippen LogP contribution in [-0.4, -0.2) is 63.4 Å². The van der Waals surface area contributed by atoms with Gasteiger partial charge in [0, 0.05) is 38.3 Å². The third-order valence-electron chi connectivity index (χ3n) is 5.33. The highest BCUT2D eigenvalue weighted by Gasteiger charge is 2.28. The molecule has 0 spiro atoms. The number of nitrogens with one attached hydrogen (secondary N) is 1. The van der Waals surface area contributed by atoms with E-state index in [-0.39, 0.29) is 10.8 Å². The molecular formula is C22H29N3O4S. The second-order valence-electron chi connectivity index (χ2n) is 7.26. The van der Waals surface area contributed by atoms with Crippen LogP contribution in [0.2, 0.25) is 0 Å². The summed E-state index contributed by atoms with van der Waals surface area (Å²) in [5, 5.41) is 2.81. The van der Waals surface area contributed by atoms with Gasteiger partial charge in [0.05, 0.1) is 12.0 Å². The van der Waals surface area contributed by atoms with E-state index in [4.69, 9.17) is 4.74 Å². The van der Waals surface area contributed by atoms with Crippen molar-refractivity contribution >= 4 is 21.6 Å². The summed E-state index contributed by atoms with van der Waals surface area (Å²) in [5.74, 6) is 0.620. The monoisotopic (exact) mass is 431 g/mol. The number of rotatable bonds is 8. The van der Waals surface area contributed by atoms with Gasteiger partial charge in [-0.2, -0.15) is 4.31 Å². The molecule has 0 aromatic heterocycles. The van der Waals surface area contributed by atoms with E-state index in [9.17, 15) is 13.2 Å². The highest BCUT2D eigenvalue weighted by Crippen LogP contribution is 2.21. The van der Waals surface area contributed by atoms with Crippen molar-refractivity contribution in [1.82, 2.24) is 9.21 Å². The Labute approximate surface area is 178 Å². The van der Waals surface area contributed by atoms with Crippen molar-refractivity contribution in [1.29, 1.82) is 0 Å². The smallest absolute Gasteiger partial charge is 0.243 e. The van der Waals surface area contributed by atoms with Crippen molar-refractivity contribution < 1.29 is 17.9 Å². The second-order valence-corrected chi connectivity index (χ2v) is 9.20. The van der Waals surface area contributed by atoms with Crippen molar-refractivity contribution in [2.45, 2.75) is 24.7 Å². The van der Waals surface area contributed by atoms with Gasteiger partial charge in [-0.25, -0.2) is 8.42 Å². The summed E-state index contributed by atoms with van der Waals surface area (Å²) in [6.45, 7) is 5.43. The Kier molecular flexibility index (Phi) is 7.47. The Morgan fingerprint density at radius 3 is 2.40 bits per heavy atom. The number of anilines is 1. The summed E-state index contributed by atoms with van der Waals surface area (Å²) in [6.07, 6.45) is 0.901. The van der Waals surface area contributed by atoms with Crippen molar-refractivity contribution in [2.75, 3.05) is 45.2 Å². The van der Waals surface area contributed by atoms with E-state index in [0.29, 0.717) is 31.6 Å². The first-order valence-electron chi connectivity index (χ1n) is 10.2. The summed E-state index contributed by atoms with van der Waals surface area (Å²) in [7, 11) is -1.96. The average Bonchev–Trinajstić information content (AvgIpc) is 2.78. The molecule has 162 valence electrons. The fraction of sp³-hybridized carbons (Fsp3) is 0.409. The summed E-state index contributed by atoms with van der Waals surface area (Å²) in [5.41, 5.74) is 1.52. The van der Waals surface area contributed by atoms with E-state index in [0.717, 1.165) is 30.9 Å². The lowest BCUT2D eigenvalue weighted by molar-refractivity contribution is -0.116. The number of methoxy groups -OCH3 is 1. The Hall–Kier alpha value is -2.42. The first-order valence-corrected chi connectivity index (χ1v) is 11.6. The maximum atomic E-state index is 13.0. The number of carbonyl (C=O) groups excluding carboxylic acids is 1. The van der Waals surface area contributed by atoms with Crippen LogP contribution in [-0.2, 0) is 21.2 Å². The van der Waals surface area contributed by atoms with Gasteiger partial charge in [0.2, 0.25) is 15.9 Å². The minimum Gasteiger partial charge on any atom is -0.497 e. The van der Waals surface area contributed by atoms with Gasteiger partial charge in [0.15, 0.2) is 0 Å². The van der Waals surface area contributed by atoms with Gasteiger partial charge in [0.25, 0.3) is 0 Å². The first-order chi connectivity index (χ1) is 14.4. The van der Waals surface area contributed by atoms with Crippen molar-refractivity contribution in [3.8, 4) is 5.75 Å². The van der Waals surface area contributed by atoms with Crippen LogP contribution < -0.4 is 10.1 Å². The molecule has 2 aromatic rings. The SMILES string of the molecule is CCN1CCN(S(=O)(=O)c2cccc(NC(=O)CCc3ccc(OC)cc3)c2)CC1. The van der Waals surface area contributed by atoms with Crippen molar-refractivity contribution in [2.24, 2.45) is 0 Å². The Bertz CT molecular complexity index is 953. The average molecular weight is 432 g/mol. The maximum Gasteiger partial charge on any atom is 0.243 e. The van der Waals surface area contributed by atoms with Crippen LogP contribution in [0.15, 0.2) is 53.4 Å². The zero-order valence-corrected chi connectivity index (χ0v) is 18.3. The van der Waals surface area contributed by atoms with Crippen LogP contribution in [0.1, 0.15) is 18.9 Å². The third-order valence-corrected chi connectivity index (χ3v) is 7.23. The van der Waals surface area contributed by atoms with Gasteiger partial charge in [-0.05, 0) is 48.9 Å². The number of carbonyl (C=O) groups is 1. The van der Waals surface area contributed by atoms with Crippen LogP contribution in [0.3, 0.4) is 0 Å². The molecule has 7 nitrogen and oxygen atoms in total. The lowest BCUT2D eigenvalue weighted by atomic mass is 10.1. The predicted octanol–water partition coefficient (Wildman–Crippen LogP) is 2.59. The normalized spacial score (nSPS) is 15.7. The molecule has 8 heteroatoms. The standard InChI is InChI=1S/C22H29N3O4S/c1-3-24-13-15-25(16-14-24)30(27,28)21-6-4-5-19(17-21)23-22(26)12-9-18-7-10-20(29-2)11-8-18/h4-8,10-11,17H,3,9,12-16H2,1-2H3,(H,23,26). The summed E-state index contributed by atoms with van der Waals surface area (Å²) >= 11 is 0. The lowest BCUT2D eigenvalue weighted by Gasteiger charge is -2.33. The molecule has 1 aliphatic heterocycles. The van der Waals surface area contributed by atoms with Crippen LogP contribution in [0.5, 0.6) is 5.75 Å². The molecule has 1 aliphatic rings. The summed E-state index contributed by atoms with van der Waals surface area (Å²) in [6, 6.07) is 14.1. The number of nitrogens with zero attached hydrogens (tertiary/aromatic N) is 2. The number of likely N-dealkylation sites (N-methyl/N-ethyl adjacent to an activating group) is 1. The molecule has 0 bridgehead atoms. The second kappa shape index (κ2) is 10.1. The molecule has 0 saturated carbocycles. The molecule has 30 heavy (non-hydrogen) atoms. The van der Waals surface area contributed by atoms with Crippen molar-refractivity contribution in [3.63, 3.8) is 0 Å². The van der Waals surface area contributed by atoms with E-state index in [1.807, 2.05) is 24.3 Å². The maximum absolute atomic E-state index is 13.0. The van der Waals surface area contributed by atoms with Gasteiger partial charge in [-0.1, -0.05) is 25.1 Å². The van der Waals surface area contributed by atoms with Gasteiger partial charge in [-0.15, -0.1) is 0 Å². The number of piperazine rings is 1. The molecule has 1 amide bonds. The largest absolute Gasteiger partial charge is 0.497 e. The molecule has 0 aliphatic carbocycles. The first kappa shape index (κ1) is 22.3. The number of aryl methyl sites for hydroxylation is 1. The van der Waals surface area contributed by atoms with Crippen molar-refractivity contribution in [3.05, 3.63) is 54.1 Å². The van der Waals surface area contributed by atoms with E-state index in [1.54, 1.807) is 25.3 Å². The third kappa shape index (κ3) is 5.59. The summed E-state index contributed by atoms with van der Waals surface area (Å²) < 4.78 is 32.6. The molecule has 0 atom stereocenters. The molecular weight excluding hydrogens is 402 g/mol. The van der Waals surface area contributed by atoms with E-state index < -0.39 is 10.0 Å². The fourth-order valence-electron chi connectivity index (χ4n) is 3.44. The molecule has 1 N–H and O–H groups in total. The summed E-state index contributed by atoms with van der Waals surface area (Å²) in [4.78, 5) is 14.8. The van der Waals surface area contributed by atoms with E-state index in [2.05, 4.69) is 17.1 Å². The lowest BCUT2D eigenvalue weighted by Crippen LogP contribution is -2.48. The Balaban J connectivity index is 1.59. The number of hydrogen-bond donors (Lipinski definition) is 1. The van der Waals surface area contributed by atoms with Gasteiger partial charge >= 0.3 is 0 Å². The van der Waals surface area contributed by atoms with Gasteiger partial charge in [0.1, 0.15) is 5.75 Å². The Morgan fingerprint density at radius 2 is 1.77 bits per heavy atom. The fourth-order valence-corrected chi connectivity index (χ4v) is 4.91. The molecule has 3 rings (SSSR count). The van der Waals surface area contributed by atoms with Crippen LogP contribution in [0.4, 0.5) is 5.69 Å². The molecule has 1 fully saturated rings. The highest BCUT2D eigenvalue weighted by atomic mass is 32.2. The number of hydrogen-bond acceptors (Lipinski definition) is 5. The number of benzene rings is 2. The van der Waals surface area contributed by atoms with Crippen LogP contribution in [0, 0.1) is 0 Å². The number of ether oxygens (including phenoxy) is 1. The topological polar surface area (TPSA) is 79.0 Å². The van der Waals surface area contributed by atoms with E-state index in [1.165, 1.54) is 10.4 Å². The zero-order valence-electron chi connectivity index (χ0n) is 17.5. The minimum absolute atomic E-state index is 0.156. The van der Waals surface area contributed by atoms with Gasteiger partial charge < -0.3 is 15.0 Å². The molecule has 1 saturated heterocycles. The molecule has 0 radical (unpaired) electrons. The van der Waals surface area contributed by atoms with Crippen LogP contribution in [0.25, 0.3) is 0 Å². The zero-order chi connectivity index (χ0) is 21.6. The number of amides is 1.